The highest BCUT2D eigenvalue weighted by molar-refractivity contribution is 8.00. The summed E-state index contributed by atoms with van der Waals surface area (Å²) in [5.74, 6) is 1.26. The lowest BCUT2D eigenvalue weighted by atomic mass is 9.88. The molecule has 0 bridgehead atoms. The summed E-state index contributed by atoms with van der Waals surface area (Å²) in [7, 11) is 1.59. The monoisotopic (exact) mass is 1090 g/mol. The molecule has 2 aromatic carbocycles. The molecule has 0 radical (unpaired) electrons. The fraction of sp³-hybridized carbons (Fsp3) is 0.600. The summed E-state index contributed by atoms with van der Waals surface area (Å²) < 4.78 is 16.7. The Hall–Kier alpha value is -5.87. The molecule has 78 heavy (non-hydrogen) atoms. The van der Waals surface area contributed by atoms with Crippen molar-refractivity contribution >= 4 is 47.1 Å². The first-order valence-electron chi connectivity index (χ1n) is 28.7. The van der Waals surface area contributed by atoms with Gasteiger partial charge in [-0.15, -0.1) is 0 Å². The van der Waals surface area contributed by atoms with Gasteiger partial charge in [0.05, 0.1) is 56.2 Å². The molecule has 0 aliphatic carbocycles. The van der Waals surface area contributed by atoms with E-state index >= 15 is 0 Å². The minimum Gasteiger partial charge on any atom is -0.497 e. The van der Waals surface area contributed by atoms with E-state index in [1.165, 1.54) is 12.6 Å². The number of piperidine rings is 2. The molecule has 1 aromatic heterocycles. The number of carbonyl (C=O) groups is 6. The van der Waals surface area contributed by atoms with Crippen LogP contribution in [0.1, 0.15) is 163 Å². The number of ether oxygens (including phenoxy) is 3. The molecule has 3 aromatic rings. The third-order valence-electron chi connectivity index (χ3n) is 15.5. The van der Waals surface area contributed by atoms with E-state index in [0.717, 1.165) is 102 Å². The Balaban J connectivity index is 0.744. The lowest BCUT2D eigenvalue weighted by Crippen LogP contribution is -2.44. The normalized spacial score (nSPS) is 18.6. The molecule has 5 heterocycles. The Morgan fingerprint density at radius 3 is 2.18 bits per heavy atom. The minimum absolute atomic E-state index is 0.0121. The molecule has 4 aliphatic heterocycles. The van der Waals surface area contributed by atoms with Gasteiger partial charge in [-0.25, -0.2) is 9.78 Å². The predicted molar refractivity (Wildman–Crippen MR) is 301 cm³/mol. The van der Waals surface area contributed by atoms with Gasteiger partial charge in [-0.05, 0) is 118 Å². The molecular weight excluding hydrogens is 1010 g/mol. The summed E-state index contributed by atoms with van der Waals surface area (Å²) in [4.78, 5) is 86.5. The molecule has 4 aliphatic rings. The molecule has 18 heteroatoms. The Morgan fingerprint density at radius 1 is 0.769 bits per heavy atom. The van der Waals surface area contributed by atoms with E-state index < -0.39 is 0 Å². The van der Waals surface area contributed by atoms with Crippen molar-refractivity contribution in [1.29, 1.82) is 5.26 Å². The molecule has 4 fully saturated rings. The summed E-state index contributed by atoms with van der Waals surface area (Å²) in [6.45, 7) is 5.43. The number of urea groups is 1. The molecule has 3 atom stereocenters. The summed E-state index contributed by atoms with van der Waals surface area (Å²) in [6, 6.07) is 19.1. The Bertz CT molecular complexity index is 2460. The van der Waals surface area contributed by atoms with Crippen molar-refractivity contribution in [3.63, 3.8) is 0 Å². The summed E-state index contributed by atoms with van der Waals surface area (Å²) in [6.07, 6.45) is 17.2. The Morgan fingerprint density at radius 2 is 1.46 bits per heavy atom. The van der Waals surface area contributed by atoms with E-state index in [0.29, 0.717) is 117 Å². The number of unbranched alkanes of at least 4 members (excludes halogenated alkanes) is 7. The van der Waals surface area contributed by atoms with Crippen LogP contribution in [0, 0.1) is 17.2 Å². The number of nitriles is 1. The molecule has 0 spiro atoms. The van der Waals surface area contributed by atoms with E-state index in [1.54, 1.807) is 42.3 Å². The maximum absolute atomic E-state index is 14.1. The number of nitrogens with zero attached hydrogens (tertiary/aromatic N) is 4. The number of methoxy groups -OCH3 is 1. The smallest absolute Gasteiger partial charge is 0.315 e. The lowest BCUT2D eigenvalue weighted by molar-refractivity contribution is -0.122. The van der Waals surface area contributed by atoms with Crippen molar-refractivity contribution in [3.05, 3.63) is 94.3 Å². The molecule has 4 N–H and O–H groups in total. The Labute approximate surface area is 465 Å². The van der Waals surface area contributed by atoms with Gasteiger partial charge in [-0.2, -0.15) is 17.0 Å². The highest BCUT2D eigenvalue weighted by atomic mass is 32.2. The number of rotatable bonds is 33. The number of aromatic nitrogens is 1. The summed E-state index contributed by atoms with van der Waals surface area (Å²) >= 11 is 1.93. The Kier molecular flexibility index (Phi) is 24.7. The standard InChI is InChI=1S/C60H82N8O9S/c1-75-51-22-20-45(21-23-51)57(71)46-24-32-68(33-25-46)59(73)55-47(38-48(40-63-55)58(72)64-49-26-30-67(31-27-49)41-44-18-16-43(39-61)17-19-44)12-11-29-62-54(70)28-35-77-37-36-76-34-10-6-4-2-3-5-7-13-50(69)14-8-9-15-53-56-52(42-78-53)65-60(74)66-56/h16-23,38,40,46,49,52-53,56H,2-15,24-37,41-42H2,1H3,(H,62,70)(H,64,72)(H2,65,66,74)/t52?,53-,56?/m0/s1. The first-order chi connectivity index (χ1) is 38.1. The van der Waals surface area contributed by atoms with Crippen LogP contribution in [0.15, 0.2) is 60.8 Å². The van der Waals surface area contributed by atoms with Crippen LogP contribution in [-0.2, 0) is 32.0 Å². The van der Waals surface area contributed by atoms with Gasteiger partial charge < -0.3 is 40.4 Å². The highest BCUT2D eigenvalue weighted by Gasteiger charge is 2.42. The number of fused-ring (bicyclic) bond motifs is 1. The number of aryl methyl sites for hydroxylation is 1. The molecule has 5 amide bonds. The number of ketones is 2. The zero-order chi connectivity index (χ0) is 54.9. The van der Waals surface area contributed by atoms with E-state index in [1.807, 2.05) is 36.0 Å². The number of pyridine rings is 1. The molecule has 0 saturated carbocycles. The maximum atomic E-state index is 14.1. The van der Waals surface area contributed by atoms with E-state index in [2.05, 4.69) is 37.2 Å². The first-order valence-corrected chi connectivity index (χ1v) is 29.7. The van der Waals surface area contributed by atoms with Crippen molar-refractivity contribution in [2.75, 3.05) is 72.0 Å². The predicted octanol–water partition coefficient (Wildman–Crippen LogP) is 7.98. The largest absolute Gasteiger partial charge is 0.497 e. The van der Waals surface area contributed by atoms with Gasteiger partial charge >= 0.3 is 6.03 Å². The van der Waals surface area contributed by atoms with Gasteiger partial charge in [-0.3, -0.25) is 28.9 Å². The van der Waals surface area contributed by atoms with E-state index in [4.69, 9.17) is 19.5 Å². The lowest BCUT2D eigenvalue weighted by Gasteiger charge is -2.32. The fourth-order valence-corrected chi connectivity index (χ4v) is 12.4. The quantitative estimate of drug-likeness (QED) is 0.0259. The van der Waals surface area contributed by atoms with Crippen molar-refractivity contribution in [2.45, 2.75) is 152 Å². The minimum atomic E-state index is -0.245. The zero-order valence-electron chi connectivity index (χ0n) is 45.7. The third kappa shape index (κ3) is 19.2. The summed E-state index contributed by atoms with van der Waals surface area (Å²) in [5, 5.41) is 21.8. The number of amides is 5. The average Bonchev–Trinajstić information content (AvgIpc) is 4.04. The third-order valence-corrected chi connectivity index (χ3v) is 17.0. The maximum Gasteiger partial charge on any atom is 0.315 e. The highest BCUT2D eigenvalue weighted by Crippen LogP contribution is 2.33. The number of thioether (sulfide) groups is 1. The van der Waals surface area contributed by atoms with E-state index in [-0.39, 0.29) is 72.3 Å². The fourth-order valence-electron chi connectivity index (χ4n) is 10.9. The second-order valence-corrected chi connectivity index (χ2v) is 22.6. The molecule has 7 rings (SSSR count). The first kappa shape index (κ1) is 59.8. The number of carbonyl (C=O) groups excluding carboxylic acids is 6. The van der Waals surface area contributed by atoms with Crippen molar-refractivity contribution in [1.82, 2.24) is 36.1 Å². The van der Waals surface area contributed by atoms with Crippen LogP contribution in [0.2, 0.25) is 0 Å². The van der Waals surface area contributed by atoms with Gasteiger partial charge in [0.2, 0.25) is 5.91 Å². The van der Waals surface area contributed by atoms with Crippen LogP contribution >= 0.6 is 11.8 Å². The molecule has 4 saturated heterocycles. The number of hydrogen-bond acceptors (Lipinski definition) is 13. The topological polar surface area (TPSA) is 221 Å². The van der Waals surface area contributed by atoms with Gasteiger partial charge in [0.1, 0.15) is 17.2 Å². The van der Waals surface area contributed by atoms with Gasteiger partial charge in [0.25, 0.3) is 11.8 Å². The summed E-state index contributed by atoms with van der Waals surface area (Å²) in [5.41, 5.74) is 3.68. The van der Waals surface area contributed by atoms with Gasteiger partial charge in [-0.1, -0.05) is 50.7 Å². The molecular formula is C60H82N8O9S. The van der Waals surface area contributed by atoms with Crippen molar-refractivity contribution in [2.24, 2.45) is 5.92 Å². The molecule has 2 unspecified atom stereocenters. The molecule has 422 valence electrons. The SMILES string of the molecule is COc1ccc(C(=O)C2CCN(C(=O)c3ncc(C(=O)NC4CCN(Cc5ccc(C#N)cc5)CC4)cc3CCCNC(=O)CCOCCOCCCCCCCCCC(=O)CCCC[C@@H]3SCC4NC(=O)NC43)CC2)cc1. The van der Waals surface area contributed by atoms with Crippen LogP contribution in [0.4, 0.5) is 4.79 Å². The van der Waals surface area contributed by atoms with E-state index in [9.17, 15) is 28.8 Å². The van der Waals surface area contributed by atoms with Crippen molar-refractivity contribution in [3.8, 4) is 11.8 Å². The van der Waals surface area contributed by atoms with Crippen molar-refractivity contribution < 1.29 is 43.0 Å². The van der Waals surface area contributed by atoms with Crippen LogP contribution in [-0.4, -0.2) is 145 Å². The number of Topliss-reactive ketones (excluding diaryl/α,β-unsaturated/α-hetero) is 2. The second kappa shape index (κ2) is 32.3. The van der Waals surface area contributed by atoms with Crippen LogP contribution < -0.4 is 26.0 Å². The second-order valence-electron chi connectivity index (χ2n) is 21.3. The average molecular weight is 1090 g/mol. The van der Waals surface area contributed by atoms with Crippen LogP contribution in [0.3, 0.4) is 0 Å². The zero-order valence-corrected chi connectivity index (χ0v) is 46.6. The number of likely N-dealkylation sites (tertiary alicyclic amines) is 2. The van der Waals surface area contributed by atoms with Crippen LogP contribution in [0.5, 0.6) is 5.75 Å². The van der Waals surface area contributed by atoms with Crippen LogP contribution in [0.25, 0.3) is 0 Å². The number of benzene rings is 2. The number of nitrogens with one attached hydrogen (secondary N) is 4. The van der Waals surface area contributed by atoms with Gasteiger partial charge in [0, 0.05) is 99.9 Å². The number of hydrogen-bond donors (Lipinski definition) is 4. The van der Waals surface area contributed by atoms with Gasteiger partial charge in [0.15, 0.2) is 5.78 Å². The molecule has 17 nitrogen and oxygen atoms in total.